The minimum absolute atomic E-state index is 0.0208. The van der Waals surface area contributed by atoms with Crippen LogP contribution in [0.15, 0.2) is 67.0 Å². The second-order valence-electron chi connectivity index (χ2n) is 11.2. The van der Waals surface area contributed by atoms with Gasteiger partial charge in [-0.25, -0.2) is 9.78 Å². The van der Waals surface area contributed by atoms with Gasteiger partial charge in [0.1, 0.15) is 11.4 Å². The molecule has 3 aliphatic rings. The Labute approximate surface area is 218 Å². The SMILES string of the molecule is CC(C)CN1C(=O)N(C2Cc3ccccc3C2)C(=O)C12CCN(Cc1cccn1-c1ccccn1)CC2. The van der Waals surface area contributed by atoms with E-state index in [1.807, 2.05) is 47.6 Å². The van der Waals surface area contributed by atoms with Crippen molar-refractivity contribution in [2.24, 2.45) is 5.92 Å². The summed E-state index contributed by atoms with van der Waals surface area (Å²) in [4.78, 5) is 38.4. The molecule has 1 aliphatic carbocycles. The number of rotatable bonds is 6. The minimum Gasteiger partial charge on any atom is -0.309 e. The van der Waals surface area contributed by atoms with Crippen molar-refractivity contribution < 1.29 is 9.59 Å². The number of hydrogen-bond acceptors (Lipinski definition) is 4. The van der Waals surface area contributed by atoms with Gasteiger partial charge < -0.3 is 9.47 Å². The minimum atomic E-state index is -0.727. The molecule has 7 heteroatoms. The Balaban J connectivity index is 1.20. The average molecular weight is 498 g/mol. The first-order valence-electron chi connectivity index (χ1n) is 13.5. The molecule has 1 spiro atoms. The third-order valence-electron chi connectivity index (χ3n) is 8.31. The van der Waals surface area contributed by atoms with Crippen LogP contribution in [0.4, 0.5) is 4.79 Å². The molecule has 0 unspecified atom stereocenters. The molecule has 0 saturated carbocycles. The zero-order chi connectivity index (χ0) is 25.6. The van der Waals surface area contributed by atoms with Gasteiger partial charge in [-0.05, 0) is 67.0 Å². The lowest BCUT2D eigenvalue weighted by atomic mass is 9.85. The summed E-state index contributed by atoms with van der Waals surface area (Å²) in [5, 5.41) is 0. The molecule has 3 aromatic rings. The van der Waals surface area contributed by atoms with E-state index in [1.54, 1.807) is 4.90 Å². The molecule has 0 bridgehead atoms. The predicted molar refractivity (Wildman–Crippen MR) is 142 cm³/mol. The Morgan fingerprint density at radius 1 is 0.946 bits per heavy atom. The van der Waals surface area contributed by atoms with Crippen molar-refractivity contribution in [3.63, 3.8) is 0 Å². The number of nitrogens with zero attached hydrogens (tertiary/aromatic N) is 5. The summed E-state index contributed by atoms with van der Waals surface area (Å²) in [6.45, 7) is 7.21. The third kappa shape index (κ3) is 4.15. The van der Waals surface area contributed by atoms with Crippen molar-refractivity contribution >= 4 is 11.9 Å². The summed E-state index contributed by atoms with van der Waals surface area (Å²) >= 11 is 0. The van der Waals surface area contributed by atoms with Gasteiger partial charge in [0, 0.05) is 50.3 Å². The second-order valence-corrected chi connectivity index (χ2v) is 11.2. The lowest BCUT2D eigenvalue weighted by molar-refractivity contribution is -0.137. The molecular formula is C30H35N5O2. The average Bonchev–Trinajstić information content (AvgIpc) is 3.59. The van der Waals surface area contributed by atoms with Crippen LogP contribution in [0.3, 0.4) is 0 Å². The first-order chi connectivity index (χ1) is 18.0. The molecule has 2 saturated heterocycles. The van der Waals surface area contributed by atoms with E-state index in [2.05, 4.69) is 52.6 Å². The van der Waals surface area contributed by atoms with E-state index < -0.39 is 5.54 Å². The highest BCUT2D eigenvalue weighted by Gasteiger charge is 2.59. The van der Waals surface area contributed by atoms with Crippen LogP contribution in [0.2, 0.25) is 0 Å². The Morgan fingerprint density at radius 2 is 1.65 bits per heavy atom. The number of benzene rings is 1. The molecule has 192 valence electrons. The van der Waals surface area contributed by atoms with E-state index in [-0.39, 0.29) is 18.0 Å². The molecule has 2 fully saturated rings. The van der Waals surface area contributed by atoms with Gasteiger partial charge in [-0.15, -0.1) is 0 Å². The predicted octanol–water partition coefficient (Wildman–Crippen LogP) is 4.29. The van der Waals surface area contributed by atoms with Crippen molar-refractivity contribution in [1.82, 2.24) is 24.3 Å². The van der Waals surface area contributed by atoms with E-state index in [9.17, 15) is 9.59 Å². The molecule has 2 aromatic heterocycles. The summed E-state index contributed by atoms with van der Waals surface area (Å²) < 4.78 is 2.12. The molecule has 0 N–H and O–H groups in total. The highest BCUT2D eigenvalue weighted by molar-refractivity contribution is 6.07. The molecule has 2 aliphatic heterocycles. The fourth-order valence-electron chi connectivity index (χ4n) is 6.46. The molecule has 6 rings (SSSR count). The van der Waals surface area contributed by atoms with Crippen LogP contribution in [-0.4, -0.2) is 67.4 Å². The van der Waals surface area contributed by atoms with Gasteiger partial charge in [0.15, 0.2) is 0 Å². The van der Waals surface area contributed by atoms with Gasteiger partial charge in [-0.3, -0.25) is 14.6 Å². The number of likely N-dealkylation sites (tertiary alicyclic amines) is 1. The van der Waals surface area contributed by atoms with E-state index in [1.165, 1.54) is 16.8 Å². The number of carbonyl (C=O) groups is 2. The topological polar surface area (TPSA) is 61.7 Å². The number of fused-ring (bicyclic) bond motifs is 1. The van der Waals surface area contributed by atoms with Crippen LogP contribution < -0.4 is 0 Å². The molecular weight excluding hydrogens is 462 g/mol. The number of piperidine rings is 1. The third-order valence-corrected chi connectivity index (χ3v) is 8.31. The van der Waals surface area contributed by atoms with Crippen LogP contribution in [0.1, 0.15) is 43.5 Å². The summed E-state index contributed by atoms with van der Waals surface area (Å²) in [6, 6.07) is 18.3. The molecule has 37 heavy (non-hydrogen) atoms. The Kier molecular flexibility index (Phi) is 6.11. The van der Waals surface area contributed by atoms with Crippen LogP contribution in [0.5, 0.6) is 0 Å². The van der Waals surface area contributed by atoms with Crippen LogP contribution in [0.25, 0.3) is 5.82 Å². The number of carbonyl (C=O) groups excluding carboxylic acids is 2. The number of imide groups is 1. The van der Waals surface area contributed by atoms with Crippen molar-refractivity contribution in [1.29, 1.82) is 0 Å². The van der Waals surface area contributed by atoms with E-state index in [4.69, 9.17) is 0 Å². The molecule has 0 radical (unpaired) electrons. The monoisotopic (exact) mass is 497 g/mol. The standard InChI is InChI=1S/C30H35N5O2/c1-22(2)20-34-29(37)35(26-18-23-8-3-4-9-24(23)19-26)28(36)30(34)12-16-32(17-13-30)21-25-10-7-15-33(25)27-11-5-6-14-31-27/h3-11,14-15,22,26H,12-13,16-21H2,1-2H3. The van der Waals surface area contributed by atoms with E-state index >= 15 is 0 Å². The number of hydrogen-bond donors (Lipinski definition) is 0. The fourth-order valence-corrected chi connectivity index (χ4v) is 6.46. The molecule has 0 atom stereocenters. The van der Waals surface area contributed by atoms with Gasteiger partial charge in [-0.2, -0.15) is 0 Å². The van der Waals surface area contributed by atoms with Crippen molar-refractivity contribution in [2.75, 3.05) is 19.6 Å². The molecule has 1 aromatic carbocycles. The number of pyridine rings is 1. The number of urea groups is 1. The van der Waals surface area contributed by atoms with Gasteiger partial charge >= 0.3 is 6.03 Å². The van der Waals surface area contributed by atoms with Crippen molar-refractivity contribution in [3.8, 4) is 5.82 Å². The molecule has 3 amide bonds. The fraction of sp³-hybridized carbons (Fsp3) is 0.433. The van der Waals surface area contributed by atoms with Crippen molar-refractivity contribution in [2.45, 2.75) is 57.7 Å². The lowest BCUT2D eigenvalue weighted by Crippen LogP contribution is -2.57. The summed E-state index contributed by atoms with van der Waals surface area (Å²) in [5.41, 5.74) is 2.97. The van der Waals surface area contributed by atoms with Gasteiger partial charge in [0.2, 0.25) is 0 Å². The summed E-state index contributed by atoms with van der Waals surface area (Å²) in [7, 11) is 0. The molecule has 7 nitrogen and oxygen atoms in total. The quantitative estimate of drug-likeness (QED) is 0.477. The zero-order valence-electron chi connectivity index (χ0n) is 21.7. The van der Waals surface area contributed by atoms with Crippen LogP contribution >= 0.6 is 0 Å². The van der Waals surface area contributed by atoms with Gasteiger partial charge in [-0.1, -0.05) is 44.2 Å². The zero-order valence-corrected chi connectivity index (χ0v) is 21.7. The first-order valence-corrected chi connectivity index (χ1v) is 13.5. The Hall–Kier alpha value is -3.45. The largest absolute Gasteiger partial charge is 0.327 e. The summed E-state index contributed by atoms with van der Waals surface area (Å²) in [5.74, 6) is 1.23. The first kappa shape index (κ1) is 23.9. The smallest absolute Gasteiger partial charge is 0.309 e. The highest BCUT2D eigenvalue weighted by atomic mass is 16.2. The van der Waals surface area contributed by atoms with Crippen molar-refractivity contribution in [3.05, 3.63) is 83.8 Å². The van der Waals surface area contributed by atoms with E-state index in [0.29, 0.717) is 25.3 Å². The summed E-state index contributed by atoms with van der Waals surface area (Å²) in [6.07, 6.45) is 6.72. The second kappa shape index (κ2) is 9.45. The highest BCUT2D eigenvalue weighted by Crippen LogP contribution is 2.41. The maximum absolute atomic E-state index is 14.1. The Morgan fingerprint density at radius 3 is 2.30 bits per heavy atom. The molecule has 4 heterocycles. The van der Waals surface area contributed by atoms with Crippen LogP contribution in [0, 0.1) is 5.92 Å². The van der Waals surface area contributed by atoms with Gasteiger partial charge in [0.05, 0.1) is 0 Å². The van der Waals surface area contributed by atoms with Gasteiger partial charge in [0.25, 0.3) is 5.91 Å². The number of aromatic nitrogens is 2. The normalized spacial score (nSPS) is 20.0. The lowest BCUT2D eigenvalue weighted by Gasteiger charge is -2.42. The van der Waals surface area contributed by atoms with Crippen LogP contribution in [-0.2, 0) is 24.2 Å². The maximum Gasteiger partial charge on any atom is 0.327 e. The maximum atomic E-state index is 14.1. The Bertz CT molecular complexity index is 1270. The number of amides is 3. The van der Waals surface area contributed by atoms with E-state index in [0.717, 1.165) is 38.3 Å².